The van der Waals surface area contributed by atoms with E-state index in [9.17, 15) is 21.0 Å². The van der Waals surface area contributed by atoms with Crippen molar-refractivity contribution in [1.82, 2.24) is 0 Å². The van der Waals surface area contributed by atoms with Gasteiger partial charge in [-0.15, -0.1) is 16.8 Å². The van der Waals surface area contributed by atoms with E-state index in [2.05, 4.69) is 10.7 Å². The summed E-state index contributed by atoms with van der Waals surface area (Å²) in [4.78, 5) is 71.1. The molecule has 0 spiro atoms. The van der Waals surface area contributed by atoms with E-state index in [1.54, 1.807) is 0 Å². The van der Waals surface area contributed by atoms with Gasteiger partial charge in [0.15, 0.2) is 0 Å². The van der Waals surface area contributed by atoms with Crippen LogP contribution in [0.3, 0.4) is 0 Å². The summed E-state index contributed by atoms with van der Waals surface area (Å²) in [6.07, 6.45) is 0. The van der Waals surface area contributed by atoms with Gasteiger partial charge >= 0.3 is 67.7 Å². The molecule has 1 unspecified atom stereocenters. The minimum Gasteiger partial charge on any atom is -0.753 e. The average molecular weight is 622 g/mol. The van der Waals surface area contributed by atoms with Gasteiger partial charge in [-0.05, 0) is 0 Å². The first kappa shape index (κ1) is 49.4. The Morgan fingerprint density at radius 1 is 0.581 bits per heavy atom. The van der Waals surface area contributed by atoms with Crippen LogP contribution in [0.5, 0.6) is 0 Å². The van der Waals surface area contributed by atoms with Crippen LogP contribution in [0.25, 0.3) is 0 Å². The van der Waals surface area contributed by atoms with Crippen LogP contribution < -0.4 is 23.8 Å². The van der Waals surface area contributed by atoms with E-state index in [0.717, 1.165) is 0 Å². The molecule has 10 N–H and O–H groups in total. The fourth-order valence-electron chi connectivity index (χ4n) is 0. The monoisotopic (exact) mass is 622 g/mol. The minimum absolute atomic E-state index is 0. The standard InChI is InChI=1S/ClHO3S.5FH2O3P.Li/c6*1-5(2,3)4;/h(H,2,3,4);5*(H2,2,3,4);/q;;;;;;+1/p-1. The third-order valence-electron chi connectivity index (χ3n) is 0. The van der Waals surface area contributed by atoms with Gasteiger partial charge in [-0.25, -0.2) is 18.3 Å². The summed E-state index contributed by atoms with van der Waals surface area (Å²) in [5.74, 6) is 0. The average Bonchev–Trinajstić information content (AvgIpc) is 1.94. The predicted octanol–water partition coefficient (Wildman–Crippen LogP) is -3.36. The summed E-state index contributed by atoms with van der Waals surface area (Å²) in [5.41, 5.74) is 0. The van der Waals surface area contributed by atoms with E-state index in [0.29, 0.717) is 0 Å². The maximum atomic E-state index is 10.4. The SMILES string of the molecule is O=P(O)(O)F.O=P(O)(O)F.O=P(O)(O)F.O=P(O)(O)F.O=P([O-])(O)F.O=S(=O)(O)Cl.[Li+]. The second-order valence-corrected chi connectivity index (χ2v) is 9.44. The van der Waals surface area contributed by atoms with Gasteiger partial charge in [0.1, 0.15) is 0 Å². The van der Waals surface area contributed by atoms with Crippen LogP contribution in [0.1, 0.15) is 0 Å². The van der Waals surface area contributed by atoms with Crippen molar-refractivity contribution in [2.75, 3.05) is 0 Å². The Kier molecular flexibility index (Phi) is 32.7. The van der Waals surface area contributed by atoms with Crippen molar-refractivity contribution in [3.8, 4) is 0 Å². The van der Waals surface area contributed by atoms with Crippen molar-refractivity contribution in [2.24, 2.45) is 0 Å². The molecule has 0 amide bonds. The molecule has 0 aliphatic rings. The van der Waals surface area contributed by atoms with Crippen molar-refractivity contribution in [3.05, 3.63) is 0 Å². The molecule has 1 atom stereocenters. The molecule has 0 aliphatic carbocycles. The Balaban J connectivity index is -0.0000000443. The smallest absolute Gasteiger partial charge is 0.753 e. The molecule has 0 fully saturated rings. The van der Waals surface area contributed by atoms with Crippen molar-refractivity contribution < 1.29 is 125 Å². The van der Waals surface area contributed by atoms with Gasteiger partial charge in [-0.2, -0.15) is 12.6 Å². The van der Waals surface area contributed by atoms with Crippen molar-refractivity contribution in [2.45, 2.75) is 0 Å². The zero-order valence-corrected chi connectivity index (χ0v) is 19.7. The molecular weight excluding hydrogens is 612 g/mol. The van der Waals surface area contributed by atoms with Crippen LogP contribution in [0.2, 0.25) is 0 Å². The predicted molar refractivity (Wildman–Crippen MR) is 80.9 cm³/mol. The van der Waals surface area contributed by atoms with Gasteiger partial charge in [0, 0.05) is 10.7 Å². The van der Waals surface area contributed by atoms with Crippen LogP contribution in [-0.4, -0.2) is 57.0 Å². The van der Waals surface area contributed by atoms with E-state index in [1.807, 2.05) is 0 Å². The topological polar surface area (TPSA) is 345 Å². The summed E-state index contributed by atoms with van der Waals surface area (Å²) in [5, 5.41) is 0. The molecule has 0 bridgehead atoms. The number of hydrogen-bond acceptors (Lipinski definition) is 8. The number of halogens is 6. The van der Waals surface area contributed by atoms with Crippen LogP contribution in [0.4, 0.5) is 21.0 Å². The second kappa shape index (κ2) is 20.6. The Morgan fingerprint density at radius 3 is 0.581 bits per heavy atom. The largest absolute Gasteiger partial charge is 1.00 e. The Labute approximate surface area is 184 Å². The Bertz CT molecular complexity index is 587. The van der Waals surface area contributed by atoms with Gasteiger partial charge in [0.25, 0.3) is 0 Å². The Hall–Kier alpha value is 1.20. The first-order valence-electron chi connectivity index (χ1n) is 4.41. The van der Waals surface area contributed by atoms with Gasteiger partial charge in [0.05, 0.1) is 0 Å². The first-order valence-corrected chi connectivity index (χ1v) is 14.2. The molecule has 0 aliphatic heterocycles. The molecule has 0 aromatic carbocycles. The van der Waals surface area contributed by atoms with E-state index in [4.69, 9.17) is 84.7 Å². The quantitative estimate of drug-likeness (QED) is 0.0414. The number of rotatable bonds is 0. The molecular formula is H10ClF5LiO18P5S. The molecule has 0 heterocycles. The molecule has 31 heteroatoms. The molecule has 0 aromatic rings. The molecule has 18 nitrogen and oxygen atoms in total. The van der Waals surface area contributed by atoms with Gasteiger partial charge in [-0.1, -0.05) is 0 Å². The third kappa shape index (κ3) is 18500. The van der Waals surface area contributed by atoms with E-state index < -0.39 is 48.9 Å². The van der Waals surface area contributed by atoms with Gasteiger partial charge in [0.2, 0.25) is 0 Å². The minimum atomic E-state index is -5.39. The zero-order chi connectivity index (χ0) is 27.0. The van der Waals surface area contributed by atoms with Gasteiger partial charge in [-0.3, -0.25) is 48.3 Å². The molecule has 31 heavy (non-hydrogen) atoms. The maximum Gasteiger partial charge on any atom is 1.00 e. The second-order valence-electron chi connectivity index (χ2n) is 2.76. The fraction of sp³-hybridized carbons (Fsp3) is 0. The summed E-state index contributed by atoms with van der Waals surface area (Å²) in [7, 11) is -26.1. The van der Waals surface area contributed by atoms with Crippen molar-refractivity contribution >= 4 is 59.5 Å². The first-order chi connectivity index (χ1) is 12.0. The van der Waals surface area contributed by atoms with Crippen LogP contribution in [-0.2, 0) is 32.2 Å². The van der Waals surface area contributed by atoms with Crippen LogP contribution >= 0.6 is 50.2 Å². The van der Waals surface area contributed by atoms with Crippen LogP contribution in [0, 0.1) is 0 Å². The van der Waals surface area contributed by atoms with E-state index >= 15 is 0 Å². The van der Waals surface area contributed by atoms with Crippen molar-refractivity contribution in [1.29, 1.82) is 0 Å². The number of hydrogen-bond donors (Lipinski definition) is 10. The molecule has 0 saturated heterocycles. The molecule has 192 valence electrons. The molecule has 0 saturated carbocycles. The third-order valence-corrected chi connectivity index (χ3v) is 0. The Morgan fingerprint density at radius 2 is 0.581 bits per heavy atom. The van der Waals surface area contributed by atoms with Gasteiger partial charge < -0.3 is 9.79 Å². The maximum absolute atomic E-state index is 10.4. The van der Waals surface area contributed by atoms with E-state index in [-0.39, 0.29) is 18.9 Å². The van der Waals surface area contributed by atoms with Crippen LogP contribution in [0.15, 0.2) is 0 Å². The van der Waals surface area contributed by atoms with Crippen molar-refractivity contribution in [3.63, 3.8) is 0 Å². The fourth-order valence-corrected chi connectivity index (χ4v) is 0. The summed E-state index contributed by atoms with van der Waals surface area (Å²) >= 11 is 0. The normalized spacial score (nSPS) is 12.9. The molecule has 0 rings (SSSR count). The zero-order valence-electron chi connectivity index (χ0n) is 13.7. The summed E-state index contributed by atoms with van der Waals surface area (Å²) < 4.78 is 120. The summed E-state index contributed by atoms with van der Waals surface area (Å²) in [6.45, 7) is 0. The summed E-state index contributed by atoms with van der Waals surface area (Å²) in [6, 6.07) is 0. The molecule has 0 radical (unpaired) electrons. The molecule has 0 aromatic heterocycles. The van der Waals surface area contributed by atoms with E-state index in [1.165, 1.54) is 0 Å².